The zero-order valence-electron chi connectivity index (χ0n) is 19.3. The highest BCUT2D eigenvalue weighted by atomic mass is 32.2. The number of hydrogen-bond donors (Lipinski definition) is 0. The summed E-state index contributed by atoms with van der Waals surface area (Å²) < 4.78 is 1.83. The molecule has 0 spiro atoms. The third kappa shape index (κ3) is 4.69. The third-order valence-electron chi connectivity index (χ3n) is 5.94. The highest BCUT2D eigenvalue weighted by Gasteiger charge is 2.19. The Labute approximate surface area is 198 Å². The molecule has 0 radical (unpaired) electrons. The molecule has 0 N–H and O–H groups in total. The van der Waals surface area contributed by atoms with Crippen molar-refractivity contribution in [2.45, 2.75) is 58.5 Å². The van der Waals surface area contributed by atoms with Crippen molar-refractivity contribution in [2.24, 2.45) is 0 Å². The molecule has 166 valence electrons. The molecular formula is C27H30N2OS2. The average molecular weight is 463 g/mol. The van der Waals surface area contributed by atoms with Gasteiger partial charge < -0.3 is 0 Å². The second kappa shape index (κ2) is 10.1. The molecule has 0 unspecified atom stereocenters. The highest BCUT2D eigenvalue weighted by molar-refractivity contribution is 7.99. The summed E-state index contributed by atoms with van der Waals surface area (Å²) in [6, 6.07) is 16.8. The zero-order valence-corrected chi connectivity index (χ0v) is 20.9. The highest BCUT2D eigenvalue weighted by Crippen LogP contribution is 2.31. The van der Waals surface area contributed by atoms with Crippen molar-refractivity contribution in [3.8, 4) is 5.69 Å². The van der Waals surface area contributed by atoms with Gasteiger partial charge in [0.1, 0.15) is 4.83 Å². The van der Waals surface area contributed by atoms with Crippen LogP contribution in [0.25, 0.3) is 15.9 Å². The summed E-state index contributed by atoms with van der Waals surface area (Å²) in [6.07, 6.45) is 4.14. The predicted molar refractivity (Wildman–Crippen MR) is 139 cm³/mol. The first kappa shape index (κ1) is 22.8. The van der Waals surface area contributed by atoms with Crippen LogP contribution in [0.2, 0.25) is 0 Å². The smallest absolute Gasteiger partial charge is 0.267 e. The standard InChI is InChI=1S/C27H30N2OS2/c1-5-10-23-20(4)24-25(32-23)28-27(31-16-9-13-21-11-7-6-8-12-21)29(26(24)30)22-15-14-18(2)19(3)17-22/h6-8,11-12,14-15,17H,5,9-10,13,16H2,1-4H3. The maximum atomic E-state index is 13.8. The summed E-state index contributed by atoms with van der Waals surface area (Å²) in [5, 5.41) is 1.58. The first-order chi connectivity index (χ1) is 15.5. The molecule has 0 fully saturated rings. The van der Waals surface area contributed by atoms with Gasteiger partial charge in [-0.1, -0.05) is 61.5 Å². The first-order valence-corrected chi connectivity index (χ1v) is 13.1. The maximum Gasteiger partial charge on any atom is 0.267 e. The Bertz CT molecular complexity index is 1290. The Morgan fingerprint density at radius 3 is 2.50 bits per heavy atom. The van der Waals surface area contributed by atoms with Crippen molar-refractivity contribution in [1.82, 2.24) is 9.55 Å². The number of nitrogens with zero attached hydrogens (tertiary/aromatic N) is 2. The molecule has 0 aliphatic rings. The lowest BCUT2D eigenvalue weighted by molar-refractivity contribution is 0.816. The lowest BCUT2D eigenvalue weighted by atomic mass is 10.1. The van der Waals surface area contributed by atoms with Gasteiger partial charge in [-0.15, -0.1) is 11.3 Å². The Balaban J connectivity index is 1.73. The topological polar surface area (TPSA) is 34.9 Å². The second-order valence-corrected chi connectivity index (χ2v) is 10.5. The van der Waals surface area contributed by atoms with Gasteiger partial charge in [-0.3, -0.25) is 9.36 Å². The van der Waals surface area contributed by atoms with E-state index in [0.717, 1.165) is 58.1 Å². The van der Waals surface area contributed by atoms with Crippen molar-refractivity contribution in [3.63, 3.8) is 0 Å². The molecule has 0 saturated heterocycles. The van der Waals surface area contributed by atoms with Crippen LogP contribution in [0.5, 0.6) is 0 Å². The van der Waals surface area contributed by atoms with Gasteiger partial charge in [-0.2, -0.15) is 0 Å². The molecule has 0 aliphatic heterocycles. The molecule has 2 aromatic heterocycles. The largest absolute Gasteiger partial charge is 0.268 e. The molecule has 2 heterocycles. The first-order valence-electron chi connectivity index (χ1n) is 11.3. The van der Waals surface area contributed by atoms with E-state index < -0.39 is 0 Å². The summed E-state index contributed by atoms with van der Waals surface area (Å²) >= 11 is 3.37. The number of fused-ring (bicyclic) bond motifs is 1. The fourth-order valence-electron chi connectivity index (χ4n) is 3.95. The van der Waals surface area contributed by atoms with E-state index in [-0.39, 0.29) is 5.56 Å². The van der Waals surface area contributed by atoms with E-state index in [1.807, 2.05) is 10.6 Å². The fourth-order valence-corrected chi connectivity index (χ4v) is 6.22. The third-order valence-corrected chi connectivity index (χ3v) is 8.21. The number of thioether (sulfide) groups is 1. The Morgan fingerprint density at radius 1 is 1.00 bits per heavy atom. The van der Waals surface area contributed by atoms with Crippen LogP contribution in [0.3, 0.4) is 0 Å². The number of thiophene rings is 1. The Kier molecular flexibility index (Phi) is 7.17. The number of hydrogen-bond acceptors (Lipinski definition) is 4. The molecule has 5 heteroatoms. The monoisotopic (exact) mass is 462 g/mol. The van der Waals surface area contributed by atoms with Gasteiger partial charge in [0.2, 0.25) is 0 Å². The van der Waals surface area contributed by atoms with Gasteiger partial charge in [0.15, 0.2) is 5.16 Å². The van der Waals surface area contributed by atoms with E-state index in [0.29, 0.717) is 0 Å². The van der Waals surface area contributed by atoms with E-state index in [1.165, 1.54) is 21.6 Å². The lowest BCUT2D eigenvalue weighted by Gasteiger charge is -2.14. The summed E-state index contributed by atoms with van der Waals surface area (Å²) in [7, 11) is 0. The molecule has 0 aliphatic carbocycles. The lowest BCUT2D eigenvalue weighted by Crippen LogP contribution is -2.22. The molecule has 4 rings (SSSR count). The van der Waals surface area contributed by atoms with Gasteiger partial charge >= 0.3 is 0 Å². The summed E-state index contributed by atoms with van der Waals surface area (Å²) in [4.78, 5) is 20.9. The number of aromatic nitrogens is 2. The quantitative estimate of drug-likeness (QED) is 0.160. The number of aryl methyl sites for hydroxylation is 5. The SMILES string of the molecule is CCCc1sc2nc(SCCCc3ccccc3)n(-c3ccc(C)c(C)c3)c(=O)c2c1C. The van der Waals surface area contributed by atoms with Crippen LogP contribution >= 0.6 is 23.1 Å². The molecule has 32 heavy (non-hydrogen) atoms. The van der Waals surface area contributed by atoms with Crippen molar-refractivity contribution in [1.29, 1.82) is 0 Å². The van der Waals surface area contributed by atoms with Crippen LogP contribution in [0.1, 0.15) is 46.9 Å². The van der Waals surface area contributed by atoms with Crippen molar-refractivity contribution in [2.75, 3.05) is 5.75 Å². The predicted octanol–water partition coefficient (Wildman–Crippen LogP) is 7.05. The normalized spacial score (nSPS) is 11.4. The van der Waals surface area contributed by atoms with Crippen molar-refractivity contribution in [3.05, 3.63) is 86.0 Å². The minimum atomic E-state index is 0.0555. The molecule has 2 aromatic carbocycles. The van der Waals surface area contributed by atoms with E-state index in [2.05, 4.69) is 70.2 Å². The Hall–Kier alpha value is -2.37. The van der Waals surface area contributed by atoms with E-state index in [4.69, 9.17) is 4.98 Å². The van der Waals surface area contributed by atoms with Gasteiger partial charge in [-0.25, -0.2) is 4.98 Å². The summed E-state index contributed by atoms with van der Waals surface area (Å²) in [6.45, 7) is 8.45. The number of rotatable bonds is 8. The molecule has 0 saturated carbocycles. The summed E-state index contributed by atoms with van der Waals surface area (Å²) in [5.41, 5.74) is 5.82. The van der Waals surface area contributed by atoms with Gasteiger partial charge in [0.25, 0.3) is 5.56 Å². The van der Waals surface area contributed by atoms with Gasteiger partial charge in [0, 0.05) is 10.6 Å². The molecule has 3 nitrogen and oxygen atoms in total. The molecular weight excluding hydrogens is 432 g/mol. The molecule has 0 atom stereocenters. The fraction of sp³-hybridized carbons (Fsp3) is 0.333. The van der Waals surface area contributed by atoms with Crippen LogP contribution in [0.4, 0.5) is 0 Å². The molecule has 4 aromatic rings. The van der Waals surface area contributed by atoms with E-state index in [9.17, 15) is 4.79 Å². The minimum absolute atomic E-state index is 0.0555. The molecule has 0 bridgehead atoms. The van der Waals surface area contributed by atoms with Gasteiger partial charge in [-0.05, 0) is 74.4 Å². The van der Waals surface area contributed by atoms with Crippen molar-refractivity contribution < 1.29 is 0 Å². The minimum Gasteiger partial charge on any atom is -0.268 e. The number of benzene rings is 2. The summed E-state index contributed by atoms with van der Waals surface area (Å²) in [5.74, 6) is 0.920. The van der Waals surface area contributed by atoms with Crippen LogP contribution in [-0.4, -0.2) is 15.3 Å². The second-order valence-electron chi connectivity index (χ2n) is 8.32. The van der Waals surface area contributed by atoms with Gasteiger partial charge in [0.05, 0.1) is 11.1 Å². The van der Waals surface area contributed by atoms with Crippen LogP contribution in [-0.2, 0) is 12.8 Å². The van der Waals surface area contributed by atoms with E-state index in [1.54, 1.807) is 23.1 Å². The molecule has 0 amide bonds. The average Bonchev–Trinajstić information content (AvgIpc) is 3.10. The Morgan fingerprint density at radius 2 is 1.78 bits per heavy atom. The maximum absolute atomic E-state index is 13.8. The van der Waals surface area contributed by atoms with Crippen LogP contribution in [0, 0.1) is 20.8 Å². The van der Waals surface area contributed by atoms with E-state index >= 15 is 0 Å². The zero-order chi connectivity index (χ0) is 22.7. The van der Waals surface area contributed by atoms with Crippen molar-refractivity contribution >= 4 is 33.3 Å². The van der Waals surface area contributed by atoms with Crippen LogP contribution < -0.4 is 5.56 Å². The van der Waals surface area contributed by atoms with Crippen LogP contribution in [0.15, 0.2) is 58.5 Å².